The van der Waals surface area contributed by atoms with Crippen molar-refractivity contribution in [3.05, 3.63) is 82.7 Å². The van der Waals surface area contributed by atoms with Gasteiger partial charge in [0.2, 0.25) is 0 Å². The zero-order chi connectivity index (χ0) is 22.6. The molecule has 0 saturated carbocycles. The standard InChI is InChI=1S/C23H25N3O3S2/c1-16(17-7-11-19(12-8-17)23(2,3)4)24-25-22(27)18-9-13-20(14-10-18)26-31(28,29)21-6-5-15-30-21/h5-15,26H,1-4H3,(H,25,27). The summed E-state index contributed by atoms with van der Waals surface area (Å²) in [5, 5.41) is 5.88. The molecule has 8 heteroatoms. The number of nitrogens with zero attached hydrogens (tertiary/aromatic N) is 1. The van der Waals surface area contributed by atoms with Gasteiger partial charge in [-0.05, 0) is 59.2 Å². The van der Waals surface area contributed by atoms with E-state index in [0.717, 1.165) is 16.9 Å². The molecule has 162 valence electrons. The number of amides is 1. The van der Waals surface area contributed by atoms with Crippen LogP contribution in [0.2, 0.25) is 0 Å². The second-order valence-electron chi connectivity index (χ2n) is 8.08. The lowest BCUT2D eigenvalue weighted by molar-refractivity contribution is 0.0955. The van der Waals surface area contributed by atoms with Crippen molar-refractivity contribution < 1.29 is 13.2 Å². The first kappa shape index (κ1) is 22.7. The fraction of sp³-hybridized carbons (Fsp3) is 0.217. The summed E-state index contributed by atoms with van der Waals surface area (Å²) in [6.45, 7) is 8.29. The average Bonchev–Trinajstić information content (AvgIpc) is 3.27. The van der Waals surface area contributed by atoms with Gasteiger partial charge in [-0.3, -0.25) is 9.52 Å². The largest absolute Gasteiger partial charge is 0.279 e. The van der Waals surface area contributed by atoms with Crippen molar-refractivity contribution in [2.24, 2.45) is 5.10 Å². The van der Waals surface area contributed by atoms with Crippen molar-refractivity contribution >= 4 is 38.7 Å². The normalized spacial score (nSPS) is 12.5. The number of hydrazone groups is 1. The summed E-state index contributed by atoms with van der Waals surface area (Å²) >= 11 is 1.14. The van der Waals surface area contributed by atoms with Crippen LogP contribution in [-0.2, 0) is 15.4 Å². The number of hydrogen-bond acceptors (Lipinski definition) is 5. The summed E-state index contributed by atoms with van der Waals surface area (Å²) in [6.07, 6.45) is 0. The molecule has 3 rings (SSSR count). The Morgan fingerprint density at radius 1 is 0.935 bits per heavy atom. The van der Waals surface area contributed by atoms with Crippen LogP contribution >= 0.6 is 11.3 Å². The highest BCUT2D eigenvalue weighted by Crippen LogP contribution is 2.22. The van der Waals surface area contributed by atoms with Crippen LogP contribution < -0.4 is 10.1 Å². The third-order valence-electron chi connectivity index (χ3n) is 4.65. The van der Waals surface area contributed by atoms with E-state index in [1.54, 1.807) is 35.7 Å². The third kappa shape index (κ3) is 5.80. The van der Waals surface area contributed by atoms with Crippen LogP contribution in [0.4, 0.5) is 5.69 Å². The van der Waals surface area contributed by atoms with Crippen LogP contribution in [0.25, 0.3) is 0 Å². The van der Waals surface area contributed by atoms with Gasteiger partial charge in [-0.1, -0.05) is 51.1 Å². The van der Waals surface area contributed by atoms with Crippen LogP contribution in [0, 0.1) is 0 Å². The summed E-state index contributed by atoms with van der Waals surface area (Å²) < 4.78 is 27.3. The van der Waals surface area contributed by atoms with Gasteiger partial charge in [-0.15, -0.1) is 11.3 Å². The van der Waals surface area contributed by atoms with Crippen LogP contribution in [0.5, 0.6) is 0 Å². The first-order valence-corrected chi connectivity index (χ1v) is 12.0. The van der Waals surface area contributed by atoms with Crippen molar-refractivity contribution in [3.63, 3.8) is 0 Å². The van der Waals surface area contributed by atoms with Gasteiger partial charge in [-0.25, -0.2) is 13.8 Å². The smallest absolute Gasteiger partial charge is 0.271 e. The number of nitrogens with one attached hydrogen (secondary N) is 2. The fourth-order valence-electron chi connectivity index (χ4n) is 2.79. The quantitative estimate of drug-likeness (QED) is 0.405. The molecule has 3 aromatic rings. The second kappa shape index (κ2) is 9.03. The van der Waals surface area contributed by atoms with Gasteiger partial charge < -0.3 is 0 Å². The molecule has 0 saturated heterocycles. The molecule has 0 radical (unpaired) electrons. The predicted octanol–water partition coefficient (Wildman–Crippen LogP) is 5.00. The van der Waals surface area contributed by atoms with Crippen molar-refractivity contribution in [3.8, 4) is 0 Å². The number of hydrogen-bond donors (Lipinski definition) is 2. The lowest BCUT2D eigenvalue weighted by Crippen LogP contribution is -2.19. The molecule has 0 aliphatic rings. The minimum absolute atomic E-state index is 0.0713. The SMILES string of the molecule is CC(=NNC(=O)c1ccc(NS(=O)(=O)c2cccs2)cc1)c1ccc(C(C)(C)C)cc1. The van der Waals surface area contributed by atoms with Gasteiger partial charge in [0.05, 0.1) is 5.71 Å². The fourth-order valence-corrected chi connectivity index (χ4v) is 4.84. The Hall–Kier alpha value is -2.97. The number of benzene rings is 2. The summed E-state index contributed by atoms with van der Waals surface area (Å²) in [6, 6.07) is 17.5. The van der Waals surface area contributed by atoms with E-state index in [0.29, 0.717) is 17.0 Å². The molecule has 2 N–H and O–H groups in total. The Labute approximate surface area is 187 Å². The van der Waals surface area contributed by atoms with Gasteiger partial charge >= 0.3 is 0 Å². The van der Waals surface area contributed by atoms with Gasteiger partial charge in [0.15, 0.2) is 0 Å². The minimum atomic E-state index is -3.62. The van der Waals surface area contributed by atoms with Crippen molar-refractivity contribution in [1.29, 1.82) is 0 Å². The lowest BCUT2D eigenvalue weighted by atomic mass is 9.86. The number of carbonyl (C=O) groups excluding carboxylic acids is 1. The Bertz CT molecular complexity index is 1170. The third-order valence-corrected chi connectivity index (χ3v) is 7.43. The molecule has 0 unspecified atom stereocenters. The van der Waals surface area contributed by atoms with Gasteiger partial charge in [0, 0.05) is 11.3 Å². The number of anilines is 1. The van der Waals surface area contributed by atoms with Crippen molar-refractivity contribution in [1.82, 2.24) is 5.43 Å². The Morgan fingerprint density at radius 2 is 1.55 bits per heavy atom. The molecule has 1 heterocycles. The molecule has 2 aromatic carbocycles. The van der Waals surface area contributed by atoms with Crippen LogP contribution in [0.1, 0.15) is 49.2 Å². The Kier molecular flexibility index (Phi) is 6.62. The van der Waals surface area contributed by atoms with Crippen LogP contribution in [0.3, 0.4) is 0 Å². The lowest BCUT2D eigenvalue weighted by Gasteiger charge is -2.19. The molecule has 0 bridgehead atoms. The highest BCUT2D eigenvalue weighted by Gasteiger charge is 2.16. The topological polar surface area (TPSA) is 87.6 Å². The molecule has 0 atom stereocenters. The molecule has 1 amide bonds. The van der Waals surface area contributed by atoms with E-state index in [9.17, 15) is 13.2 Å². The van der Waals surface area contributed by atoms with E-state index < -0.39 is 10.0 Å². The number of thiophene rings is 1. The minimum Gasteiger partial charge on any atom is -0.279 e. The van der Waals surface area contributed by atoms with Gasteiger partial charge in [-0.2, -0.15) is 5.10 Å². The van der Waals surface area contributed by atoms with Gasteiger partial charge in [0.25, 0.3) is 15.9 Å². The number of carbonyl (C=O) groups is 1. The molecule has 0 aliphatic heterocycles. The van der Waals surface area contributed by atoms with E-state index in [1.165, 1.54) is 11.6 Å². The summed E-state index contributed by atoms with van der Waals surface area (Å²) in [4.78, 5) is 12.4. The highest BCUT2D eigenvalue weighted by molar-refractivity contribution is 7.94. The zero-order valence-electron chi connectivity index (χ0n) is 17.8. The van der Waals surface area contributed by atoms with E-state index in [4.69, 9.17) is 0 Å². The van der Waals surface area contributed by atoms with E-state index >= 15 is 0 Å². The summed E-state index contributed by atoms with van der Waals surface area (Å²) in [5.41, 5.74) is 6.20. The first-order chi connectivity index (χ1) is 14.6. The molecule has 0 fully saturated rings. The first-order valence-electron chi connectivity index (χ1n) is 9.68. The second-order valence-corrected chi connectivity index (χ2v) is 10.9. The van der Waals surface area contributed by atoms with Crippen LogP contribution in [0.15, 0.2) is 75.4 Å². The van der Waals surface area contributed by atoms with Gasteiger partial charge in [0.1, 0.15) is 4.21 Å². The van der Waals surface area contributed by atoms with Crippen molar-refractivity contribution in [2.45, 2.75) is 37.3 Å². The maximum atomic E-state index is 12.4. The monoisotopic (exact) mass is 455 g/mol. The molecular weight excluding hydrogens is 430 g/mol. The Balaban J connectivity index is 1.64. The number of rotatable bonds is 6. The average molecular weight is 456 g/mol. The summed E-state index contributed by atoms with van der Waals surface area (Å²) in [7, 11) is -3.62. The Morgan fingerprint density at radius 3 is 2.10 bits per heavy atom. The van der Waals surface area contributed by atoms with Crippen LogP contribution in [-0.4, -0.2) is 20.0 Å². The predicted molar refractivity (Wildman–Crippen MR) is 126 cm³/mol. The molecule has 31 heavy (non-hydrogen) atoms. The highest BCUT2D eigenvalue weighted by atomic mass is 32.2. The molecule has 0 aliphatic carbocycles. The number of sulfonamides is 1. The molecule has 0 spiro atoms. The molecule has 6 nitrogen and oxygen atoms in total. The van der Waals surface area contributed by atoms with Crippen molar-refractivity contribution in [2.75, 3.05) is 4.72 Å². The maximum Gasteiger partial charge on any atom is 0.271 e. The van der Waals surface area contributed by atoms with E-state index in [2.05, 4.69) is 48.2 Å². The van der Waals surface area contributed by atoms with E-state index in [-0.39, 0.29) is 15.5 Å². The molecular formula is C23H25N3O3S2. The maximum absolute atomic E-state index is 12.4. The summed E-state index contributed by atoms with van der Waals surface area (Å²) in [5.74, 6) is -0.377. The van der Waals surface area contributed by atoms with E-state index in [1.807, 2.05) is 19.1 Å². The zero-order valence-corrected chi connectivity index (χ0v) is 19.5. The molecule has 1 aromatic heterocycles.